The molecule has 3 rings (SSSR count). The molecule has 0 heterocycles. The Hall–Kier alpha value is -2.78. The van der Waals surface area contributed by atoms with Crippen molar-refractivity contribution in [1.82, 2.24) is 0 Å². The van der Waals surface area contributed by atoms with Crippen LogP contribution in [0.3, 0.4) is 0 Å². The van der Waals surface area contributed by atoms with Crippen LogP contribution in [0.25, 0.3) is 11.1 Å². The lowest BCUT2D eigenvalue weighted by molar-refractivity contribution is 0.0734. The second kappa shape index (κ2) is 17.7. The number of ether oxygens (including phenoxy) is 2. The summed E-state index contributed by atoms with van der Waals surface area (Å²) in [5.74, 6) is 1.00. The van der Waals surface area contributed by atoms with E-state index in [1.165, 1.54) is 64.2 Å². The van der Waals surface area contributed by atoms with Crippen LogP contribution in [0.1, 0.15) is 107 Å². The lowest BCUT2D eigenvalue weighted by Gasteiger charge is -2.09. The zero-order valence-corrected chi connectivity index (χ0v) is 24.6. The molecule has 3 nitrogen and oxygen atoms in total. The lowest BCUT2D eigenvalue weighted by Crippen LogP contribution is -2.08. The van der Waals surface area contributed by atoms with E-state index in [0.29, 0.717) is 16.3 Å². The van der Waals surface area contributed by atoms with Gasteiger partial charge in [0, 0.05) is 5.02 Å². The van der Waals surface area contributed by atoms with Crippen LogP contribution in [0.15, 0.2) is 66.7 Å². The van der Waals surface area contributed by atoms with Gasteiger partial charge in [-0.05, 0) is 72.4 Å². The summed E-state index contributed by atoms with van der Waals surface area (Å²) in [4.78, 5) is 12.7. The van der Waals surface area contributed by atoms with Gasteiger partial charge in [0.15, 0.2) is 0 Å². The minimum atomic E-state index is -0.400. The molecule has 0 bridgehead atoms. The van der Waals surface area contributed by atoms with Crippen molar-refractivity contribution >= 4 is 17.6 Å². The Morgan fingerprint density at radius 2 is 1.18 bits per heavy atom. The van der Waals surface area contributed by atoms with E-state index in [4.69, 9.17) is 21.1 Å². The first kappa shape index (κ1) is 30.8. The number of aryl methyl sites for hydroxylation is 1. The van der Waals surface area contributed by atoms with Gasteiger partial charge in [-0.15, -0.1) is 0 Å². The third-order valence-electron chi connectivity index (χ3n) is 7.11. The van der Waals surface area contributed by atoms with E-state index in [1.54, 1.807) is 6.07 Å². The first-order valence-electron chi connectivity index (χ1n) is 14.9. The number of rotatable bonds is 18. The number of benzene rings is 3. The number of hydrogen-bond acceptors (Lipinski definition) is 3. The summed E-state index contributed by atoms with van der Waals surface area (Å²) >= 11 is 6.49. The smallest absolute Gasteiger partial charge is 0.343 e. The second-order valence-corrected chi connectivity index (χ2v) is 10.8. The third-order valence-corrected chi connectivity index (χ3v) is 7.46. The van der Waals surface area contributed by atoms with Gasteiger partial charge < -0.3 is 9.47 Å². The van der Waals surface area contributed by atoms with Gasteiger partial charge in [0.2, 0.25) is 0 Å². The van der Waals surface area contributed by atoms with Gasteiger partial charge in [-0.1, -0.05) is 120 Å². The van der Waals surface area contributed by atoms with E-state index < -0.39 is 5.97 Å². The molecule has 0 spiro atoms. The highest BCUT2D eigenvalue weighted by molar-refractivity contribution is 6.31. The number of esters is 1. The van der Waals surface area contributed by atoms with Crippen LogP contribution in [-0.2, 0) is 6.42 Å². The fraction of sp³-hybridized carbons (Fsp3) is 0.457. The Morgan fingerprint density at radius 3 is 1.77 bits per heavy atom. The molecule has 0 unspecified atom stereocenters. The monoisotopic (exact) mass is 548 g/mol. The van der Waals surface area contributed by atoms with Crippen molar-refractivity contribution in [3.8, 4) is 22.6 Å². The topological polar surface area (TPSA) is 35.5 Å². The summed E-state index contributed by atoms with van der Waals surface area (Å²) in [7, 11) is 0. The molecule has 3 aromatic rings. The zero-order valence-electron chi connectivity index (χ0n) is 23.9. The molecule has 4 heteroatoms. The molecule has 0 amide bonds. The van der Waals surface area contributed by atoms with E-state index in [1.807, 2.05) is 48.5 Å². The first-order valence-corrected chi connectivity index (χ1v) is 15.3. The molecule has 0 radical (unpaired) electrons. The molecule has 0 saturated carbocycles. The molecule has 3 aromatic carbocycles. The van der Waals surface area contributed by atoms with Crippen LogP contribution in [0.4, 0.5) is 0 Å². The molecule has 0 aliphatic heterocycles. The standard InChI is InChI=1S/C35H45ClO3/c1-3-5-7-9-10-11-13-15-30-16-17-31(27-34(30)36)35(37)39-33-24-20-29(21-25-33)28-18-22-32(23-19-28)38-26-14-12-8-6-4-2/h16-25,27H,3-15,26H2,1-2H3. The summed E-state index contributed by atoms with van der Waals surface area (Å²) in [5.41, 5.74) is 3.70. The molecule has 0 N–H and O–H groups in total. The van der Waals surface area contributed by atoms with Gasteiger partial charge in [0.1, 0.15) is 11.5 Å². The Bertz CT molecular complexity index is 1110. The highest BCUT2D eigenvalue weighted by atomic mass is 35.5. The van der Waals surface area contributed by atoms with E-state index in [-0.39, 0.29) is 0 Å². The average Bonchev–Trinajstić information content (AvgIpc) is 2.96. The highest BCUT2D eigenvalue weighted by Crippen LogP contribution is 2.26. The molecule has 210 valence electrons. The van der Waals surface area contributed by atoms with Gasteiger partial charge in [-0.2, -0.15) is 0 Å². The zero-order chi connectivity index (χ0) is 27.7. The van der Waals surface area contributed by atoms with Crippen molar-refractivity contribution < 1.29 is 14.3 Å². The van der Waals surface area contributed by atoms with Crippen LogP contribution in [0, 0.1) is 0 Å². The molecule has 0 aromatic heterocycles. The Balaban J connectivity index is 1.44. The van der Waals surface area contributed by atoms with Crippen LogP contribution < -0.4 is 9.47 Å². The summed E-state index contributed by atoms with van der Waals surface area (Å²) < 4.78 is 11.5. The van der Waals surface area contributed by atoms with Crippen molar-refractivity contribution in [1.29, 1.82) is 0 Å². The maximum Gasteiger partial charge on any atom is 0.343 e. The summed E-state index contributed by atoms with van der Waals surface area (Å²) in [6.45, 7) is 5.23. The van der Waals surface area contributed by atoms with Crippen molar-refractivity contribution in [3.05, 3.63) is 82.9 Å². The summed E-state index contributed by atoms with van der Waals surface area (Å²) in [6, 6.07) is 21.2. The Labute approximate surface area is 240 Å². The maximum absolute atomic E-state index is 12.7. The number of unbranched alkanes of at least 4 members (excludes halogenated alkanes) is 10. The van der Waals surface area contributed by atoms with E-state index >= 15 is 0 Å². The third kappa shape index (κ3) is 11.1. The van der Waals surface area contributed by atoms with E-state index in [2.05, 4.69) is 26.0 Å². The molecule has 39 heavy (non-hydrogen) atoms. The normalized spacial score (nSPS) is 10.9. The van der Waals surface area contributed by atoms with E-state index in [9.17, 15) is 4.79 Å². The van der Waals surface area contributed by atoms with Crippen LogP contribution in [0.2, 0.25) is 5.02 Å². The quantitative estimate of drug-likeness (QED) is 0.0900. The largest absolute Gasteiger partial charge is 0.494 e. The molecule has 0 saturated heterocycles. The second-order valence-electron chi connectivity index (χ2n) is 10.4. The summed E-state index contributed by atoms with van der Waals surface area (Å²) in [6.07, 6.45) is 16.0. The van der Waals surface area contributed by atoms with Gasteiger partial charge in [-0.25, -0.2) is 4.79 Å². The molecular weight excluding hydrogens is 504 g/mol. The molecule has 0 atom stereocenters. The SMILES string of the molecule is CCCCCCCCCc1ccc(C(=O)Oc2ccc(-c3ccc(OCCCCCCC)cc3)cc2)cc1Cl. The molecule has 0 fully saturated rings. The Kier molecular flexibility index (Phi) is 14.0. The highest BCUT2D eigenvalue weighted by Gasteiger charge is 2.12. The summed E-state index contributed by atoms with van der Waals surface area (Å²) in [5, 5.41) is 0.634. The fourth-order valence-electron chi connectivity index (χ4n) is 4.67. The fourth-order valence-corrected chi connectivity index (χ4v) is 4.95. The molecule has 0 aliphatic rings. The van der Waals surface area contributed by atoms with Crippen LogP contribution in [0.5, 0.6) is 11.5 Å². The van der Waals surface area contributed by atoms with Crippen molar-refractivity contribution in [2.75, 3.05) is 6.61 Å². The van der Waals surface area contributed by atoms with Gasteiger partial charge in [0.25, 0.3) is 0 Å². The maximum atomic E-state index is 12.7. The van der Waals surface area contributed by atoms with E-state index in [0.717, 1.165) is 48.3 Å². The van der Waals surface area contributed by atoms with Gasteiger partial charge >= 0.3 is 5.97 Å². The van der Waals surface area contributed by atoms with Gasteiger partial charge in [-0.3, -0.25) is 0 Å². The van der Waals surface area contributed by atoms with Crippen LogP contribution in [-0.4, -0.2) is 12.6 Å². The lowest BCUT2D eigenvalue weighted by atomic mass is 10.0. The molecule has 0 aliphatic carbocycles. The number of carbonyl (C=O) groups is 1. The number of halogens is 1. The minimum Gasteiger partial charge on any atom is -0.494 e. The first-order chi connectivity index (χ1) is 19.1. The van der Waals surface area contributed by atoms with Crippen molar-refractivity contribution in [2.24, 2.45) is 0 Å². The number of hydrogen-bond donors (Lipinski definition) is 0. The predicted octanol–water partition coefficient (Wildman–Crippen LogP) is 10.9. The minimum absolute atomic E-state index is 0.400. The molecular formula is C35H45ClO3. The number of carbonyl (C=O) groups excluding carboxylic acids is 1. The van der Waals surface area contributed by atoms with Gasteiger partial charge in [0.05, 0.1) is 12.2 Å². The average molecular weight is 549 g/mol. The van der Waals surface area contributed by atoms with Crippen molar-refractivity contribution in [2.45, 2.75) is 97.3 Å². The van der Waals surface area contributed by atoms with Crippen LogP contribution >= 0.6 is 11.6 Å². The predicted molar refractivity (Wildman–Crippen MR) is 164 cm³/mol. The Morgan fingerprint density at radius 1 is 0.641 bits per heavy atom. The van der Waals surface area contributed by atoms with Crippen molar-refractivity contribution in [3.63, 3.8) is 0 Å².